The number of benzene rings is 2. The highest BCUT2D eigenvalue weighted by Crippen LogP contribution is 2.13. The number of amides is 1. The Hall–Kier alpha value is -1.81. The van der Waals surface area contributed by atoms with Crippen LogP contribution in [-0.4, -0.2) is 11.4 Å². The van der Waals surface area contributed by atoms with Gasteiger partial charge in [-0.05, 0) is 23.3 Å². The van der Waals surface area contributed by atoms with Crippen LogP contribution in [0.25, 0.3) is 0 Å². The van der Waals surface area contributed by atoms with Gasteiger partial charge in [0.15, 0.2) is 0 Å². The van der Waals surface area contributed by atoms with Gasteiger partial charge in [0.2, 0.25) is 0 Å². The first kappa shape index (κ1) is 14.6. The van der Waals surface area contributed by atoms with Gasteiger partial charge in [-0.3, -0.25) is 5.32 Å². The molecular weight excluding hydrogens is 318 g/mol. The second kappa shape index (κ2) is 7.70. The van der Waals surface area contributed by atoms with Crippen molar-refractivity contribution in [3.63, 3.8) is 0 Å². The molecule has 0 heterocycles. The molecule has 1 radical (unpaired) electrons. The maximum absolute atomic E-state index is 11.7. The van der Waals surface area contributed by atoms with Crippen LogP contribution in [0.2, 0.25) is 0 Å². The second-order valence-electron chi connectivity index (χ2n) is 4.17. The summed E-state index contributed by atoms with van der Waals surface area (Å²) in [7, 11) is 0. The molecule has 0 atom stereocenters. The summed E-state index contributed by atoms with van der Waals surface area (Å²) in [5.74, 6) is 0. The van der Waals surface area contributed by atoms with E-state index in [0.29, 0.717) is 0 Å². The Morgan fingerprint density at radius 1 is 1.15 bits per heavy atom. The van der Waals surface area contributed by atoms with E-state index in [4.69, 9.17) is 4.74 Å². The lowest BCUT2D eigenvalue weighted by Gasteiger charge is -2.08. The van der Waals surface area contributed by atoms with Crippen molar-refractivity contribution in [1.29, 1.82) is 0 Å². The first-order chi connectivity index (χ1) is 9.78. The monoisotopic (exact) mass is 332 g/mol. The summed E-state index contributed by atoms with van der Waals surface area (Å²) in [6.07, 6.45) is 1.56. The third-order valence-corrected chi connectivity index (χ3v) is 2.98. The first-order valence-electron chi connectivity index (χ1n) is 6.25. The Bertz CT molecular complexity index is 557. The molecule has 1 N–H and O–H groups in total. The summed E-state index contributed by atoms with van der Waals surface area (Å²) in [6, 6.07) is 17.2. The van der Waals surface area contributed by atoms with Crippen LogP contribution < -0.4 is 5.32 Å². The van der Waals surface area contributed by atoms with E-state index < -0.39 is 6.09 Å². The summed E-state index contributed by atoms with van der Waals surface area (Å²) < 4.78 is 5.16. The zero-order valence-electron chi connectivity index (χ0n) is 10.9. The maximum atomic E-state index is 11.7. The van der Waals surface area contributed by atoms with Crippen molar-refractivity contribution in [3.8, 4) is 0 Å². The van der Waals surface area contributed by atoms with E-state index in [9.17, 15) is 4.79 Å². The molecule has 0 spiro atoms. The number of carbonyl (C=O) groups is 1. The number of anilines is 1. The predicted molar refractivity (Wildman–Crippen MR) is 83.9 cm³/mol. The Kier molecular flexibility index (Phi) is 5.62. The summed E-state index contributed by atoms with van der Waals surface area (Å²) in [5, 5.41) is 3.49. The van der Waals surface area contributed by atoms with Crippen LogP contribution in [0.5, 0.6) is 0 Å². The third-order valence-electron chi connectivity index (χ3n) is 2.66. The van der Waals surface area contributed by atoms with Gasteiger partial charge in [0.05, 0.1) is 0 Å². The number of ether oxygens (including phenoxy) is 1. The highest BCUT2D eigenvalue weighted by Gasteiger charge is 2.04. The van der Waals surface area contributed by atoms with Crippen LogP contribution in [0.15, 0.2) is 54.6 Å². The lowest BCUT2D eigenvalue weighted by molar-refractivity contribution is 0.155. The van der Waals surface area contributed by atoms with Crippen molar-refractivity contribution >= 4 is 27.7 Å². The molecule has 4 heteroatoms. The van der Waals surface area contributed by atoms with E-state index in [1.165, 1.54) is 0 Å². The molecule has 20 heavy (non-hydrogen) atoms. The van der Waals surface area contributed by atoms with Crippen LogP contribution in [-0.2, 0) is 11.3 Å². The minimum atomic E-state index is -0.454. The number of hydrogen-bond acceptors (Lipinski definition) is 2. The minimum absolute atomic E-state index is 0.264. The topological polar surface area (TPSA) is 38.3 Å². The maximum Gasteiger partial charge on any atom is 0.411 e. The molecule has 0 saturated heterocycles. The van der Waals surface area contributed by atoms with Gasteiger partial charge in [-0.1, -0.05) is 58.4 Å². The van der Waals surface area contributed by atoms with Crippen LogP contribution in [0.3, 0.4) is 0 Å². The zero-order valence-corrected chi connectivity index (χ0v) is 12.5. The van der Waals surface area contributed by atoms with Gasteiger partial charge in [-0.15, -0.1) is 0 Å². The van der Waals surface area contributed by atoms with Crippen LogP contribution >= 0.6 is 15.9 Å². The first-order valence-corrected chi connectivity index (χ1v) is 7.37. The molecule has 0 aliphatic rings. The van der Waals surface area contributed by atoms with Gasteiger partial charge < -0.3 is 4.74 Å². The standard InChI is InChI=1S/C16H15BrNO2/c17-10-9-13-7-4-8-15(11-13)18-16(19)20-12-14-5-2-1-3-6-14/h1-9,11H,10,12H2,(H,18,19). The lowest BCUT2D eigenvalue weighted by Crippen LogP contribution is -2.13. The van der Waals surface area contributed by atoms with Crippen LogP contribution in [0.4, 0.5) is 10.5 Å². The molecule has 103 valence electrons. The second-order valence-corrected chi connectivity index (χ2v) is 4.82. The number of alkyl halides is 1. The smallest absolute Gasteiger partial charge is 0.411 e. The molecule has 2 aromatic carbocycles. The number of nitrogens with one attached hydrogen (secondary N) is 1. The molecule has 0 saturated carbocycles. The molecular formula is C16H15BrNO2. The lowest BCUT2D eigenvalue weighted by atomic mass is 10.1. The highest BCUT2D eigenvalue weighted by molar-refractivity contribution is 9.09. The zero-order chi connectivity index (χ0) is 14.2. The Morgan fingerprint density at radius 3 is 2.70 bits per heavy atom. The number of carbonyl (C=O) groups excluding carboxylic acids is 1. The van der Waals surface area contributed by atoms with E-state index in [1.807, 2.05) is 61.0 Å². The largest absolute Gasteiger partial charge is 0.444 e. The number of hydrogen-bond donors (Lipinski definition) is 1. The SMILES string of the molecule is O=C(Nc1cccc([CH]CBr)c1)OCc1ccccc1. The van der Waals surface area contributed by atoms with Crippen LogP contribution in [0.1, 0.15) is 11.1 Å². The molecule has 0 bridgehead atoms. The number of halogens is 1. The van der Waals surface area contributed by atoms with Crippen molar-refractivity contribution in [3.05, 3.63) is 72.1 Å². The van der Waals surface area contributed by atoms with E-state index >= 15 is 0 Å². The molecule has 2 rings (SSSR count). The Labute approximate surface area is 127 Å². The molecule has 3 nitrogen and oxygen atoms in total. The fraction of sp³-hybridized carbons (Fsp3) is 0.125. The summed E-state index contributed by atoms with van der Waals surface area (Å²) >= 11 is 3.34. The van der Waals surface area contributed by atoms with E-state index in [2.05, 4.69) is 21.2 Å². The molecule has 2 aromatic rings. The predicted octanol–water partition coefficient (Wildman–Crippen LogP) is 4.38. The van der Waals surface area contributed by atoms with Crippen molar-refractivity contribution < 1.29 is 9.53 Å². The molecule has 1 amide bonds. The van der Waals surface area contributed by atoms with Crippen molar-refractivity contribution in [1.82, 2.24) is 0 Å². The average molecular weight is 333 g/mol. The van der Waals surface area contributed by atoms with E-state index in [1.54, 1.807) is 0 Å². The van der Waals surface area contributed by atoms with E-state index in [0.717, 1.165) is 22.1 Å². The highest BCUT2D eigenvalue weighted by atomic mass is 79.9. The quantitative estimate of drug-likeness (QED) is 0.825. The summed E-state index contributed by atoms with van der Waals surface area (Å²) in [4.78, 5) is 11.7. The van der Waals surface area contributed by atoms with Gasteiger partial charge in [0.25, 0.3) is 0 Å². The van der Waals surface area contributed by atoms with Gasteiger partial charge in [-0.2, -0.15) is 0 Å². The Balaban J connectivity index is 1.86. The number of rotatable bonds is 5. The summed E-state index contributed by atoms with van der Waals surface area (Å²) in [6.45, 7) is 0.264. The minimum Gasteiger partial charge on any atom is -0.444 e. The van der Waals surface area contributed by atoms with Crippen molar-refractivity contribution in [2.24, 2.45) is 0 Å². The average Bonchev–Trinajstić information content (AvgIpc) is 2.47. The summed E-state index contributed by atoms with van der Waals surface area (Å²) in [5.41, 5.74) is 2.73. The van der Waals surface area contributed by atoms with Gasteiger partial charge in [-0.25, -0.2) is 4.79 Å². The molecule has 0 aliphatic heterocycles. The van der Waals surface area contributed by atoms with Gasteiger partial charge in [0, 0.05) is 17.4 Å². The van der Waals surface area contributed by atoms with Crippen LogP contribution in [0, 0.1) is 6.42 Å². The van der Waals surface area contributed by atoms with E-state index in [-0.39, 0.29) is 6.61 Å². The van der Waals surface area contributed by atoms with Gasteiger partial charge >= 0.3 is 6.09 Å². The van der Waals surface area contributed by atoms with Gasteiger partial charge in [0.1, 0.15) is 6.61 Å². The molecule has 0 aliphatic carbocycles. The molecule has 0 fully saturated rings. The molecule has 0 unspecified atom stereocenters. The fourth-order valence-corrected chi connectivity index (χ4v) is 2.08. The molecule has 0 aromatic heterocycles. The van der Waals surface area contributed by atoms with Crippen molar-refractivity contribution in [2.75, 3.05) is 10.6 Å². The van der Waals surface area contributed by atoms with Crippen molar-refractivity contribution in [2.45, 2.75) is 6.61 Å². The third kappa shape index (κ3) is 4.70. The normalized spacial score (nSPS) is 10.1. The fourth-order valence-electron chi connectivity index (χ4n) is 1.71. The Morgan fingerprint density at radius 2 is 1.95 bits per heavy atom.